The van der Waals surface area contributed by atoms with Crippen molar-refractivity contribution in [1.29, 1.82) is 0 Å². The number of sulfone groups is 1. The van der Waals surface area contributed by atoms with E-state index in [9.17, 15) is 17.6 Å². The molecule has 0 aliphatic heterocycles. The minimum absolute atomic E-state index is 0.00613. The van der Waals surface area contributed by atoms with Crippen LogP contribution in [-0.4, -0.2) is 25.9 Å². The molecule has 138 valence electrons. The van der Waals surface area contributed by atoms with E-state index in [1.807, 2.05) is 0 Å². The van der Waals surface area contributed by atoms with Gasteiger partial charge in [0.1, 0.15) is 11.1 Å². The minimum atomic E-state index is -3.85. The molecule has 0 fully saturated rings. The first kappa shape index (κ1) is 18.7. The molecule has 0 spiro atoms. The van der Waals surface area contributed by atoms with E-state index in [-0.39, 0.29) is 11.4 Å². The van der Waals surface area contributed by atoms with Crippen molar-refractivity contribution in [3.05, 3.63) is 96.1 Å². The first-order chi connectivity index (χ1) is 13.0. The number of hydrogen-bond donors (Lipinski definition) is 1. The molecule has 0 radical (unpaired) electrons. The molecule has 0 bridgehead atoms. The van der Waals surface area contributed by atoms with Gasteiger partial charge in [0.05, 0.1) is 10.5 Å². The predicted octanol–water partition coefficient (Wildman–Crippen LogP) is 3.17. The highest BCUT2D eigenvalue weighted by Crippen LogP contribution is 2.28. The fraction of sp³-hybridized carbons (Fsp3) is 0.100. The van der Waals surface area contributed by atoms with Crippen LogP contribution in [0.3, 0.4) is 0 Å². The number of rotatable bonds is 6. The molecule has 0 aliphatic rings. The highest BCUT2D eigenvalue weighted by Gasteiger charge is 2.29. The van der Waals surface area contributed by atoms with Gasteiger partial charge in [-0.15, -0.1) is 0 Å². The van der Waals surface area contributed by atoms with E-state index < -0.39 is 26.8 Å². The number of hydrogen-bond acceptors (Lipinski definition) is 4. The van der Waals surface area contributed by atoms with Gasteiger partial charge < -0.3 is 5.32 Å². The zero-order chi connectivity index (χ0) is 19.3. The van der Waals surface area contributed by atoms with Crippen molar-refractivity contribution in [3.8, 4) is 0 Å². The number of pyridine rings is 1. The van der Waals surface area contributed by atoms with Gasteiger partial charge in [-0.2, -0.15) is 0 Å². The van der Waals surface area contributed by atoms with E-state index in [0.717, 1.165) is 12.1 Å². The van der Waals surface area contributed by atoms with E-state index in [4.69, 9.17) is 0 Å². The lowest BCUT2D eigenvalue weighted by molar-refractivity contribution is 0.0953. The third-order valence-electron chi connectivity index (χ3n) is 4.06. The van der Waals surface area contributed by atoms with Gasteiger partial charge >= 0.3 is 0 Å². The van der Waals surface area contributed by atoms with Gasteiger partial charge in [0.2, 0.25) is 0 Å². The average molecular weight is 384 g/mol. The maximum absolute atomic E-state index is 13.2. The van der Waals surface area contributed by atoms with E-state index >= 15 is 0 Å². The Kier molecular flexibility index (Phi) is 5.61. The molecule has 1 aromatic heterocycles. The number of nitrogens with zero attached hydrogens (tertiary/aromatic N) is 1. The lowest BCUT2D eigenvalue weighted by Crippen LogP contribution is -2.32. The molecule has 3 rings (SSSR count). The second-order valence-corrected chi connectivity index (χ2v) is 7.98. The van der Waals surface area contributed by atoms with Crippen molar-refractivity contribution in [2.24, 2.45) is 0 Å². The Bertz CT molecular complexity index is 1010. The Morgan fingerprint density at radius 2 is 1.70 bits per heavy atom. The molecule has 0 saturated heterocycles. The minimum Gasteiger partial charge on any atom is -0.350 e. The molecule has 27 heavy (non-hydrogen) atoms. The number of carbonyl (C=O) groups excluding carboxylic acids is 1. The van der Waals surface area contributed by atoms with Crippen LogP contribution in [0.2, 0.25) is 0 Å². The van der Waals surface area contributed by atoms with Crippen LogP contribution >= 0.6 is 0 Å². The van der Waals surface area contributed by atoms with E-state index in [1.54, 1.807) is 48.7 Å². The molecule has 5 nitrogen and oxygen atoms in total. The molecule has 1 N–H and O–H groups in total. The zero-order valence-electron chi connectivity index (χ0n) is 14.2. The lowest BCUT2D eigenvalue weighted by atomic mass is 10.1. The van der Waals surface area contributed by atoms with Crippen LogP contribution in [0.5, 0.6) is 0 Å². The first-order valence-corrected chi connectivity index (χ1v) is 9.76. The largest absolute Gasteiger partial charge is 0.350 e. The van der Waals surface area contributed by atoms with Crippen LogP contribution in [0.1, 0.15) is 21.2 Å². The molecule has 7 heteroatoms. The predicted molar refractivity (Wildman–Crippen MR) is 99.3 cm³/mol. The molecule has 1 amide bonds. The maximum atomic E-state index is 13.2. The van der Waals surface area contributed by atoms with Crippen LogP contribution in [0, 0.1) is 5.82 Å². The monoisotopic (exact) mass is 384 g/mol. The molecular weight excluding hydrogens is 367 g/mol. The van der Waals surface area contributed by atoms with Crippen LogP contribution in [0.25, 0.3) is 0 Å². The summed E-state index contributed by atoms with van der Waals surface area (Å²) >= 11 is 0. The van der Waals surface area contributed by atoms with Crippen molar-refractivity contribution < 1.29 is 17.6 Å². The molecule has 1 heterocycles. The summed E-state index contributed by atoms with van der Waals surface area (Å²) in [5.74, 6) is -0.937. The van der Waals surface area contributed by atoms with Gasteiger partial charge in [-0.1, -0.05) is 30.3 Å². The molecule has 2 aromatic carbocycles. The van der Waals surface area contributed by atoms with Crippen molar-refractivity contribution >= 4 is 15.7 Å². The number of amides is 1. The van der Waals surface area contributed by atoms with Crippen molar-refractivity contribution in [3.63, 3.8) is 0 Å². The van der Waals surface area contributed by atoms with Gasteiger partial charge in [-0.25, -0.2) is 12.8 Å². The Hall–Kier alpha value is -3.06. The summed E-state index contributed by atoms with van der Waals surface area (Å²) < 4.78 is 39.4. The first-order valence-electron chi connectivity index (χ1n) is 8.21. The Labute approximate surface area is 156 Å². The maximum Gasteiger partial charge on any atom is 0.252 e. The van der Waals surface area contributed by atoms with Gasteiger partial charge in [0, 0.05) is 18.9 Å². The summed E-state index contributed by atoms with van der Waals surface area (Å²) in [4.78, 5) is 16.2. The molecular formula is C20H17FN2O3S. The van der Waals surface area contributed by atoms with E-state index in [1.165, 1.54) is 18.3 Å². The van der Waals surface area contributed by atoms with Crippen LogP contribution in [0.4, 0.5) is 4.39 Å². The SMILES string of the molecule is O=C(NCC(c1ccccc1)S(=O)(=O)c1ccc(F)cc1)c1cccnc1. The number of nitrogens with one attached hydrogen (secondary N) is 1. The molecule has 3 aromatic rings. The van der Waals surface area contributed by atoms with E-state index in [2.05, 4.69) is 10.3 Å². The Morgan fingerprint density at radius 3 is 2.33 bits per heavy atom. The number of benzene rings is 2. The van der Waals surface area contributed by atoms with Crippen LogP contribution in [0.15, 0.2) is 84.0 Å². The summed E-state index contributed by atoms with van der Waals surface area (Å²) in [7, 11) is -3.85. The van der Waals surface area contributed by atoms with Crippen molar-refractivity contribution in [2.45, 2.75) is 10.1 Å². The zero-order valence-corrected chi connectivity index (χ0v) is 15.1. The highest BCUT2D eigenvalue weighted by atomic mass is 32.2. The van der Waals surface area contributed by atoms with Gasteiger partial charge in [0.15, 0.2) is 9.84 Å². The summed E-state index contributed by atoms with van der Waals surface area (Å²) in [5.41, 5.74) is 0.872. The average Bonchev–Trinajstić information content (AvgIpc) is 2.69. The molecule has 1 atom stereocenters. The topological polar surface area (TPSA) is 76.1 Å². The fourth-order valence-electron chi connectivity index (χ4n) is 2.65. The smallest absolute Gasteiger partial charge is 0.252 e. The number of carbonyl (C=O) groups is 1. The quantitative estimate of drug-likeness (QED) is 0.663. The highest BCUT2D eigenvalue weighted by molar-refractivity contribution is 7.91. The Morgan fingerprint density at radius 1 is 1.00 bits per heavy atom. The van der Waals surface area contributed by atoms with Gasteiger partial charge in [0.25, 0.3) is 5.91 Å². The molecule has 0 aliphatic carbocycles. The van der Waals surface area contributed by atoms with Crippen LogP contribution in [-0.2, 0) is 9.84 Å². The summed E-state index contributed by atoms with van der Waals surface area (Å²) in [6, 6.07) is 16.5. The van der Waals surface area contributed by atoms with Crippen LogP contribution < -0.4 is 5.32 Å². The summed E-state index contributed by atoms with van der Waals surface area (Å²) in [6.07, 6.45) is 2.95. The summed E-state index contributed by atoms with van der Waals surface area (Å²) in [5, 5.41) is 1.64. The number of aromatic nitrogens is 1. The summed E-state index contributed by atoms with van der Waals surface area (Å²) in [6.45, 7) is -0.128. The third-order valence-corrected chi connectivity index (χ3v) is 6.18. The standard InChI is InChI=1S/C20H17FN2O3S/c21-17-8-10-18(11-9-17)27(25,26)19(15-5-2-1-3-6-15)14-23-20(24)16-7-4-12-22-13-16/h1-13,19H,14H2,(H,23,24). The van der Waals surface area contributed by atoms with Crippen molar-refractivity contribution in [2.75, 3.05) is 6.54 Å². The Balaban J connectivity index is 1.90. The van der Waals surface area contributed by atoms with Gasteiger partial charge in [-0.05, 0) is 42.0 Å². The molecule has 0 saturated carbocycles. The fourth-order valence-corrected chi connectivity index (χ4v) is 4.31. The third kappa shape index (κ3) is 4.38. The van der Waals surface area contributed by atoms with E-state index in [0.29, 0.717) is 11.1 Å². The van der Waals surface area contributed by atoms with Crippen molar-refractivity contribution in [1.82, 2.24) is 10.3 Å². The normalized spacial score (nSPS) is 12.3. The molecule has 1 unspecified atom stereocenters. The second-order valence-electron chi connectivity index (χ2n) is 5.85. The lowest BCUT2D eigenvalue weighted by Gasteiger charge is -2.19. The second kappa shape index (κ2) is 8.09. The number of halogens is 1. The van der Waals surface area contributed by atoms with Gasteiger partial charge in [-0.3, -0.25) is 9.78 Å².